The summed E-state index contributed by atoms with van der Waals surface area (Å²) in [4.78, 5) is 25.9. The molecule has 1 aliphatic heterocycles. The van der Waals surface area contributed by atoms with Crippen LogP contribution in [0.1, 0.15) is 39.5 Å². The third kappa shape index (κ3) is 3.82. The van der Waals surface area contributed by atoms with Gasteiger partial charge in [-0.1, -0.05) is 26.0 Å². The maximum absolute atomic E-state index is 12.4. The van der Waals surface area contributed by atoms with Crippen molar-refractivity contribution in [3.8, 4) is 0 Å². The molecule has 1 N–H and O–H groups in total. The number of piperazine rings is 1. The monoisotopic (exact) mass is 264 g/mol. The minimum Gasteiger partial charge on any atom is -0.343 e. The van der Waals surface area contributed by atoms with Crippen LogP contribution in [0.3, 0.4) is 0 Å². The fraction of sp³-hybridized carbons (Fsp3) is 0.733. The van der Waals surface area contributed by atoms with Crippen LogP contribution in [0.25, 0.3) is 0 Å². The van der Waals surface area contributed by atoms with Crippen molar-refractivity contribution in [2.75, 3.05) is 13.1 Å². The van der Waals surface area contributed by atoms with Crippen LogP contribution in [-0.2, 0) is 9.59 Å². The number of nitrogens with one attached hydrogen (secondary N) is 1. The number of amides is 2. The first-order valence-corrected chi connectivity index (χ1v) is 7.29. The van der Waals surface area contributed by atoms with E-state index in [9.17, 15) is 9.59 Å². The average Bonchev–Trinajstić information content (AvgIpc) is 2.35. The van der Waals surface area contributed by atoms with Gasteiger partial charge < -0.3 is 10.2 Å². The van der Waals surface area contributed by atoms with Crippen molar-refractivity contribution in [3.63, 3.8) is 0 Å². The van der Waals surface area contributed by atoms with Crippen LogP contribution in [0.2, 0.25) is 0 Å². The van der Waals surface area contributed by atoms with Gasteiger partial charge in [-0.25, -0.2) is 0 Å². The zero-order valence-electron chi connectivity index (χ0n) is 11.9. The van der Waals surface area contributed by atoms with Crippen molar-refractivity contribution in [1.82, 2.24) is 10.2 Å². The summed E-state index contributed by atoms with van der Waals surface area (Å²) in [6, 6.07) is -0.319. The Labute approximate surface area is 115 Å². The Hall–Kier alpha value is -1.32. The van der Waals surface area contributed by atoms with Gasteiger partial charge in [-0.05, 0) is 37.5 Å². The van der Waals surface area contributed by atoms with Gasteiger partial charge in [0.05, 0.1) is 6.54 Å². The number of nitrogens with zero attached hydrogens (tertiary/aromatic N) is 1. The maximum atomic E-state index is 12.4. The molecular formula is C15H24N2O2. The van der Waals surface area contributed by atoms with Crippen LogP contribution in [0.5, 0.6) is 0 Å². The topological polar surface area (TPSA) is 49.4 Å². The molecule has 2 unspecified atom stereocenters. The SMILES string of the molecule is CC(C)CC1NC(=O)CN(CC2CC=CCC2)C1=O. The predicted octanol–water partition coefficient (Wildman–Crippen LogP) is 1.72. The van der Waals surface area contributed by atoms with E-state index in [1.807, 2.05) is 0 Å². The molecule has 1 heterocycles. The summed E-state index contributed by atoms with van der Waals surface area (Å²) in [7, 11) is 0. The van der Waals surface area contributed by atoms with Crippen molar-refractivity contribution >= 4 is 11.8 Å². The Balaban J connectivity index is 1.96. The zero-order chi connectivity index (χ0) is 13.8. The lowest BCUT2D eigenvalue weighted by Gasteiger charge is -2.35. The van der Waals surface area contributed by atoms with E-state index in [4.69, 9.17) is 0 Å². The van der Waals surface area contributed by atoms with E-state index in [1.54, 1.807) is 4.90 Å². The molecule has 2 rings (SSSR count). The first-order valence-electron chi connectivity index (χ1n) is 7.29. The Bertz CT molecular complexity index is 376. The fourth-order valence-electron chi connectivity index (χ4n) is 2.89. The fourth-order valence-corrected chi connectivity index (χ4v) is 2.89. The predicted molar refractivity (Wildman–Crippen MR) is 74.4 cm³/mol. The molecule has 0 saturated carbocycles. The molecule has 1 fully saturated rings. The van der Waals surface area contributed by atoms with Gasteiger partial charge in [0.1, 0.15) is 6.04 Å². The molecule has 0 bridgehead atoms. The van der Waals surface area contributed by atoms with Crippen molar-refractivity contribution in [2.45, 2.75) is 45.6 Å². The number of carbonyl (C=O) groups is 2. The number of rotatable bonds is 4. The van der Waals surface area contributed by atoms with Gasteiger partial charge in [-0.3, -0.25) is 9.59 Å². The summed E-state index contributed by atoms with van der Waals surface area (Å²) in [5, 5.41) is 2.82. The molecule has 2 aliphatic rings. The van der Waals surface area contributed by atoms with Crippen molar-refractivity contribution in [3.05, 3.63) is 12.2 Å². The first-order chi connectivity index (χ1) is 9.06. The molecule has 0 aromatic heterocycles. The van der Waals surface area contributed by atoms with E-state index < -0.39 is 0 Å². The molecule has 0 radical (unpaired) electrons. The van der Waals surface area contributed by atoms with Crippen molar-refractivity contribution in [1.29, 1.82) is 0 Å². The number of hydrogen-bond acceptors (Lipinski definition) is 2. The molecule has 1 aliphatic carbocycles. The second-order valence-electron chi connectivity index (χ2n) is 6.12. The second kappa shape index (κ2) is 6.22. The van der Waals surface area contributed by atoms with E-state index in [0.29, 0.717) is 11.8 Å². The lowest BCUT2D eigenvalue weighted by molar-refractivity contribution is -0.145. The zero-order valence-corrected chi connectivity index (χ0v) is 11.9. The summed E-state index contributed by atoms with van der Waals surface area (Å²) in [5.74, 6) is 1.01. The number of carbonyl (C=O) groups excluding carboxylic acids is 2. The van der Waals surface area contributed by atoms with Gasteiger partial charge in [0.2, 0.25) is 11.8 Å². The largest absolute Gasteiger partial charge is 0.343 e. The summed E-state index contributed by atoms with van der Waals surface area (Å²) < 4.78 is 0. The van der Waals surface area contributed by atoms with Crippen molar-refractivity contribution in [2.24, 2.45) is 11.8 Å². The molecule has 0 spiro atoms. The highest BCUT2D eigenvalue weighted by atomic mass is 16.2. The normalized spacial score (nSPS) is 27.8. The van der Waals surface area contributed by atoms with Crippen LogP contribution < -0.4 is 5.32 Å². The Kier molecular flexibility index (Phi) is 4.61. The summed E-state index contributed by atoms with van der Waals surface area (Å²) >= 11 is 0. The second-order valence-corrected chi connectivity index (χ2v) is 6.12. The molecule has 4 nitrogen and oxygen atoms in total. The molecule has 0 aromatic rings. The van der Waals surface area contributed by atoms with Crippen LogP contribution in [0.15, 0.2) is 12.2 Å². The average molecular weight is 264 g/mol. The van der Waals surface area contributed by atoms with Gasteiger partial charge >= 0.3 is 0 Å². The van der Waals surface area contributed by atoms with E-state index in [2.05, 4.69) is 31.3 Å². The molecule has 19 heavy (non-hydrogen) atoms. The van der Waals surface area contributed by atoms with Gasteiger partial charge in [-0.2, -0.15) is 0 Å². The van der Waals surface area contributed by atoms with Crippen LogP contribution in [0.4, 0.5) is 0 Å². The minimum atomic E-state index is -0.319. The lowest BCUT2D eigenvalue weighted by Crippen LogP contribution is -2.59. The molecule has 0 aromatic carbocycles. The van der Waals surface area contributed by atoms with Crippen LogP contribution in [-0.4, -0.2) is 35.8 Å². The Morgan fingerprint density at radius 2 is 2.16 bits per heavy atom. The molecule has 2 amide bonds. The molecule has 106 valence electrons. The van der Waals surface area contributed by atoms with E-state index >= 15 is 0 Å². The van der Waals surface area contributed by atoms with Crippen LogP contribution in [0, 0.1) is 11.8 Å². The first kappa shape index (κ1) is 14.1. The summed E-state index contributed by atoms with van der Waals surface area (Å²) in [6.07, 6.45) is 8.36. The summed E-state index contributed by atoms with van der Waals surface area (Å²) in [6.45, 7) is 5.10. The maximum Gasteiger partial charge on any atom is 0.245 e. The standard InChI is InChI=1S/C15H24N2O2/c1-11(2)8-13-15(19)17(10-14(18)16-13)9-12-6-4-3-5-7-12/h3-4,11-13H,5-10H2,1-2H3,(H,16,18). The van der Waals surface area contributed by atoms with Crippen molar-refractivity contribution < 1.29 is 9.59 Å². The lowest BCUT2D eigenvalue weighted by atomic mass is 9.93. The Morgan fingerprint density at radius 1 is 1.37 bits per heavy atom. The van der Waals surface area contributed by atoms with Gasteiger partial charge in [0, 0.05) is 6.54 Å². The number of allylic oxidation sites excluding steroid dienone is 2. The highest BCUT2D eigenvalue weighted by Gasteiger charge is 2.33. The van der Waals surface area contributed by atoms with E-state index in [0.717, 1.165) is 32.2 Å². The molecular weight excluding hydrogens is 240 g/mol. The highest BCUT2D eigenvalue weighted by molar-refractivity contribution is 5.94. The molecule has 4 heteroatoms. The molecule has 1 saturated heterocycles. The van der Waals surface area contributed by atoms with Gasteiger partial charge in [0.15, 0.2) is 0 Å². The van der Waals surface area contributed by atoms with Crippen LogP contribution >= 0.6 is 0 Å². The smallest absolute Gasteiger partial charge is 0.245 e. The third-order valence-electron chi connectivity index (χ3n) is 3.84. The minimum absolute atomic E-state index is 0.0170. The van der Waals surface area contributed by atoms with Gasteiger partial charge in [-0.15, -0.1) is 0 Å². The van der Waals surface area contributed by atoms with E-state index in [-0.39, 0.29) is 24.4 Å². The Morgan fingerprint density at radius 3 is 2.79 bits per heavy atom. The van der Waals surface area contributed by atoms with Gasteiger partial charge in [0.25, 0.3) is 0 Å². The summed E-state index contributed by atoms with van der Waals surface area (Å²) in [5.41, 5.74) is 0. The molecule has 2 atom stereocenters. The third-order valence-corrected chi connectivity index (χ3v) is 3.84. The number of hydrogen-bond donors (Lipinski definition) is 1. The highest BCUT2D eigenvalue weighted by Crippen LogP contribution is 2.21. The van der Waals surface area contributed by atoms with E-state index in [1.165, 1.54) is 0 Å². The quantitative estimate of drug-likeness (QED) is 0.786.